The zero-order valence-corrected chi connectivity index (χ0v) is 15.8. The molecule has 2 rings (SSSR count). The third-order valence-corrected chi connectivity index (χ3v) is 5.21. The van der Waals surface area contributed by atoms with Gasteiger partial charge in [0.25, 0.3) is 10.0 Å². The summed E-state index contributed by atoms with van der Waals surface area (Å²) in [6.07, 6.45) is 3.33. The Balaban J connectivity index is 2.10. The zero-order valence-electron chi connectivity index (χ0n) is 14.3. The summed E-state index contributed by atoms with van der Waals surface area (Å²) in [7, 11) is -3.71. The molecule has 0 aliphatic heterocycles. The molecule has 0 radical (unpaired) electrons. The van der Waals surface area contributed by atoms with Gasteiger partial charge in [0, 0.05) is 17.6 Å². The van der Waals surface area contributed by atoms with Crippen molar-refractivity contribution in [1.29, 1.82) is 0 Å². The fraction of sp³-hybridized carbons (Fsp3) is 0.167. The minimum absolute atomic E-state index is 0.116. The SMILES string of the molecule is CC(=O)N(O)C(C)/C=C/c1ccc(S(=O)(=O)Nc2ccc(Cl)cc2)cc1. The maximum Gasteiger partial charge on any atom is 0.261 e. The highest BCUT2D eigenvalue weighted by molar-refractivity contribution is 7.92. The summed E-state index contributed by atoms with van der Waals surface area (Å²) < 4.78 is 27.3. The molecule has 0 spiro atoms. The summed E-state index contributed by atoms with van der Waals surface area (Å²) >= 11 is 5.79. The number of nitrogens with zero attached hydrogens (tertiary/aromatic N) is 1. The lowest BCUT2D eigenvalue weighted by atomic mass is 10.2. The molecule has 1 unspecified atom stereocenters. The number of sulfonamides is 1. The highest BCUT2D eigenvalue weighted by Crippen LogP contribution is 2.19. The van der Waals surface area contributed by atoms with Crippen molar-refractivity contribution < 1.29 is 18.4 Å². The summed E-state index contributed by atoms with van der Waals surface area (Å²) in [6.45, 7) is 2.92. The Morgan fingerprint density at radius 1 is 1.15 bits per heavy atom. The second kappa shape index (κ2) is 8.35. The van der Waals surface area contributed by atoms with E-state index in [-0.39, 0.29) is 4.90 Å². The number of hydroxylamine groups is 2. The third-order valence-electron chi connectivity index (χ3n) is 3.56. The Morgan fingerprint density at radius 2 is 1.73 bits per heavy atom. The predicted molar refractivity (Wildman–Crippen MR) is 102 cm³/mol. The van der Waals surface area contributed by atoms with Gasteiger partial charge in [0.2, 0.25) is 5.91 Å². The maximum atomic E-state index is 12.4. The quantitative estimate of drug-likeness (QED) is 0.576. The van der Waals surface area contributed by atoms with Gasteiger partial charge in [0.15, 0.2) is 0 Å². The van der Waals surface area contributed by atoms with Gasteiger partial charge < -0.3 is 0 Å². The first-order valence-corrected chi connectivity index (χ1v) is 9.60. The molecule has 2 aromatic rings. The van der Waals surface area contributed by atoms with Crippen LogP contribution < -0.4 is 4.72 Å². The Kier molecular flexibility index (Phi) is 6.42. The molecule has 0 fully saturated rings. The number of amides is 1. The molecule has 138 valence electrons. The predicted octanol–water partition coefficient (Wildman–Crippen LogP) is 3.78. The van der Waals surface area contributed by atoms with Crippen molar-refractivity contribution in [2.24, 2.45) is 0 Å². The topological polar surface area (TPSA) is 86.7 Å². The molecule has 26 heavy (non-hydrogen) atoms. The summed E-state index contributed by atoms with van der Waals surface area (Å²) in [4.78, 5) is 11.2. The minimum atomic E-state index is -3.71. The van der Waals surface area contributed by atoms with E-state index in [2.05, 4.69) is 4.72 Å². The number of hydrogen-bond donors (Lipinski definition) is 2. The van der Waals surface area contributed by atoms with Gasteiger partial charge in [-0.05, 0) is 48.9 Å². The fourth-order valence-corrected chi connectivity index (χ4v) is 3.29. The normalized spacial score (nSPS) is 12.8. The highest BCUT2D eigenvalue weighted by atomic mass is 35.5. The second-order valence-electron chi connectivity index (χ2n) is 5.64. The van der Waals surface area contributed by atoms with E-state index in [1.165, 1.54) is 19.1 Å². The summed E-state index contributed by atoms with van der Waals surface area (Å²) in [6, 6.07) is 12.1. The van der Waals surface area contributed by atoms with Gasteiger partial charge in [0.05, 0.1) is 10.9 Å². The van der Waals surface area contributed by atoms with Crippen LogP contribution >= 0.6 is 11.6 Å². The molecule has 0 bridgehead atoms. The van der Waals surface area contributed by atoms with Gasteiger partial charge in [0.1, 0.15) is 0 Å². The molecule has 0 heterocycles. The number of carbonyl (C=O) groups is 1. The average Bonchev–Trinajstić information content (AvgIpc) is 2.61. The molecular weight excluding hydrogens is 376 g/mol. The van der Waals surface area contributed by atoms with Crippen molar-refractivity contribution in [3.05, 3.63) is 65.2 Å². The van der Waals surface area contributed by atoms with Crippen LogP contribution in [0.3, 0.4) is 0 Å². The molecule has 6 nitrogen and oxygen atoms in total. The van der Waals surface area contributed by atoms with Crippen LogP contribution in [0, 0.1) is 0 Å². The van der Waals surface area contributed by atoms with Crippen molar-refractivity contribution >= 4 is 39.3 Å². The van der Waals surface area contributed by atoms with Crippen LogP contribution in [0.5, 0.6) is 0 Å². The number of halogens is 1. The van der Waals surface area contributed by atoms with Crippen LogP contribution in [0.1, 0.15) is 19.4 Å². The third kappa shape index (κ3) is 5.32. The van der Waals surface area contributed by atoms with Gasteiger partial charge in [-0.2, -0.15) is 0 Å². The summed E-state index contributed by atoms with van der Waals surface area (Å²) in [5.41, 5.74) is 1.15. The molecule has 0 saturated carbocycles. The first-order valence-electron chi connectivity index (χ1n) is 7.74. The molecule has 0 aliphatic rings. The first kappa shape index (κ1) is 20.0. The standard InChI is InChI=1S/C18H19ClN2O4S/c1-13(21(23)14(2)22)3-4-15-5-11-18(12-6-15)26(24,25)20-17-9-7-16(19)8-10-17/h3-13,20,23H,1-2H3/b4-3+. The summed E-state index contributed by atoms with van der Waals surface area (Å²) in [5.74, 6) is -0.461. The van der Waals surface area contributed by atoms with Crippen LogP contribution in [-0.2, 0) is 14.8 Å². The van der Waals surface area contributed by atoms with Crippen LogP contribution in [0.4, 0.5) is 5.69 Å². The van der Waals surface area contributed by atoms with Crippen molar-refractivity contribution in [2.45, 2.75) is 24.8 Å². The van der Waals surface area contributed by atoms with Gasteiger partial charge >= 0.3 is 0 Å². The van der Waals surface area contributed by atoms with Crippen LogP contribution in [0.25, 0.3) is 6.08 Å². The first-order chi connectivity index (χ1) is 12.2. The Morgan fingerprint density at radius 3 is 2.27 bits per heavy atom. The molecular formula is C18H19ClN2O4S. The van der Waals surface area contributed by atoms with Gasteiger partial charge in [-0.1, -0.05) is 35.9 Å². The van der Waals surface area contributed by atoms with E-state index in [0.29, 0.717) is 15.8 Å². The lowest BCUT2D eigenvalue weighted by Gasteiger charge is -2.17. The lowest BCUT2D eigenvalue weighted by molar-refractivity contribution is -0.167. The van der Waals surface area contributed by atoms with E-state index in [4.69, 9.17) is 11.6 Å². The molecule has 1 atom stereocenters. The van der Waals surface area contributed by atoms with Crippen molar-refractivity contribution in [3.63, 3.8) is 0 Å². The van der Waals surface area contributed by atoms with Crippen molar-refractivity contribution in [1.82, 2.24) is 5.06 Å². The number of anilines is 1. The molecule has 0 aliphatic carbocycles. The lowest BCUT2D eigenvalue weighted by Crippen LogP contribution is -2.32. The van der Waals surface area contributed by atoms with E-state index in [1.807, 2.05) is 0 Å². The number of benzene rings is 2. The van der Waals surface area contributed by atoms with Crippen LogP contribution in [0.15, 0.2) is 59.5 Å². The maximum absolute atomic E-state index is 12.4. The van der Waals surface area contributed by atoms with E-state index in [0.717, 1.165) is 5.56 Å². The van der Waals surface area contributed by atoms with Crippen molar-refractivity contribution in [2.75, 3.05) is 4.72 Å². The van der Waals surface area contributed by atoms with E-state index < -0.39 is 22.0 Å². The fourth-order valence-electron chi connectivity index (χ4n) is 2.11. The number of carbonyl (C=O) groups excluding carboxylic acids is 1. The summed E-state index contributed by atoms with van der Waals surface area (Å²) in [5, 5.41) is 10.7. The molecule has 2 aromatic carbocycles. The number of nitrogens with one attached hydrogen (secondary N) is 1. The van der Waals surface area contributed by atoms with Gasteiger partial charge in [-0.25, -0.2) is 13.5 Å². The van der Waals surface area contributed by atoms with E-state index in [9.17, 15) is 18.4 Å². The smallest absolute Gasteiger partial charge is 0.261 e. The highest BCUT2D eigenvalue weighted by Gasteiger charge is 2.14. The largest absolute Gasteiger partial charge is 0.285 e. The van der Waals surface area contributed by atoms with Gasteiger partial charge in [-0.15, -0.1) is 0 Å². The van der Waals surface area contributed by atoms with E-state index in [1.54, 1.807) is 55.5 Å². The Bertz CT molecular complexity index is 894. The number of rotatable bonds is 6. The molecule has 0 saturated heterocycles. The molecule has 0 aromatic heterocycles. The molecule has 2 N–H and O–H groups in total. The van der Waals surface area contributed by atoms with Crippen molar-refractivity contribution in [3.8, 4) is 0 Å². The molecule has 1 amide bonds. The Labute approximate surface area is 157 Å². The second-order valence-corrected chi connectivity index (χ2v) is 7.76. The Hall–Kier alpha value is -2.35. The van der Waals surface area contributed by atoms with Crippen LogP contribution in [-0.4, -0.2) is 30.6 Å². The van der Waals surface area contributed by atoms with Gasteiger partial charge in [-0.3, -0.25) is 14.7 Å². The number of hydrogen-bond acceptors (Lipinski definition) is 4. The monoisotopic (exact) mass is 394 g/mol. The van der Waals surface area contributed by atoms with Crippen LogP contribution in [0.2, 0.25) is 5.02 Å². The average molecular weight is 395 g/mol. The van der Waals surface area contributed by atoms with E-state index >= 15 is 0 Å². The zero-order chi connectivity index (χ0) is 19.3. The minimum Gasteiger partial charge on any atom is -0.285 e. The molecule has 8 heteroatoms.